The Morgan fingerprint density at radius 3 is 2.18 bits per heavy atom. The maximum atomic E-state index is 12.2. The molecule has 0 aliphatic rings. The molecule has 7 nitrogen and oxygen atoms in total. The fourth-order valence-electron chi connectivity index (χ4n) is 2.13. The molecule has 0 unspecified atom stereocenters. The lowest BCUT2D eigenvalue weighted by Gasteiger charge is -2.08. The molecular weight excluding hydrogens is 364 g/mol. The van der Waals surface area contributed by atoms with Gasteiger partial charge in [-0.1, -0.05) is 12.1 Å². The fourth-order valence-corrected chi connectivity index (χ4v) is 2.13. The van der Waals surface area contributed by atoms with Crippen molar-refractivity contribution < 1.29 is 33.7 Å². The number of rotatable bonds is 9. The summed E-state index contributed by atoms with van der Waals surface area (Å²) in [5.74, 6) is -0.936. The molecule has 1 N–H and O–H groups in total. The van der Waals surface area contributed by atoms with E-state index in [1.165, 1.54) is 13.0 Å². The summed E-state index contributed by atoms with van der Waals surface area (Å²) in [7, 11) is 0. The Labute approximate surface area is 162 Å². The van der Waals surface area contributed by atoms with Crippen molar-refractivity contribution in [1.82, 2.24) is 0 Å². The normalized spacial score (nSPS) is 10.5. The van der Waals surface area contributed by atoms with Crippen molar-refractivity contribution in [2.75, 3.05) is 13.2 Å². The summed E-state index contributed by atoms with van der Waals surface area (Å²) in [4.78, 5) is 33.3. The largest absolute Gasteiger partial charge is 0.493 e. The molecule has 2 rings (SSSR count). The molecule has 0 saturated carbocycles. The highest BCUT2D eigenvalue weighted by molar-refractivity contribution is 5.91. The van der Waals surface area contributed by atoms with E-state index in [9.17, 15) is 14.4 Å². The summed E-state index contributed by atoms with van der Waals surface area (Å²) >= 11 is 0. The van der Waals surface area contributed by atoms with Gasteiger partial charge in [-0.15, -0.1) is 0 Å². The molecule has 0 aromatic heterocycles. The van der Waals surface area contributed by atoms with Crippen molar-refractivity contribution in [1.29, 1.82) is 0 Å². The molecule has 2 aromatic rings. The highest BCUT2D eigenvalue weighted by Gasteiger charge is 2.09. The van der Waals surface area contributed by atoms with Crippen LogP contribution in [0.2, 0.25) is 0 Å². The van der Waals surface area contributed by atoms with Crippen molar-refractivity contribution in [2.45, 2.75) is 13.3 Å². The Kier molecular flexibility index (Phi) is 7.77. The lowest BCUT2D eigenvalue weighted by molar-refractivity contribution is -0.141. The molecule has 2 aromatic carbocycles. The topological polar surface area (TPSA) is 99.1 Å². The number of aliphatic carboxylic acids is 1. The predicted molar refractivity (Wildman–Crippen MR) is 101 cm³/mol. The Morgan fingerprint density at radius 2 is 1.57 bits per heavy atom. The van der Waals surface area contributed by atoms with Crippen molar-refractivity contribution in [3.8, 4) is 11.5 Å². The molecule has 0 amide bonds. The van der Waals surface area contributed by atoms with Crippen molar-refractivity contribution in [3.63, 3.8) is 0 Å². The Hall–Kier alpha value is -3.61. The molecule has 7 heteroatoms. The van der Waals surface area contributed by atoms with Crippen molar-refractivity contribution in [3.05, 3.63) is 65.7 Å². The zero-order chi connectivity index (χ0) is 20.4. The first kappa shape index (κ1) is 20.7. The van der Waals surface area contributed by atoms with E-state index in [0.29, 0.717) is 42.3 Å². The Morgan fingerprint density at radius 1 is 0.929 bits per heavy atom. The first-order chi connectivity index (χ1) is 13.4. The molecule has 0 fully saturated rings. The number of esters is 2. The highest BCUT2D eigenvalue weighted by atomic mass is 16.5. The van der Waals surface area contributed by atoms with E-state index in [1.54, 1.807) is 48.5 Å². The van der Waals surface area contributed by atoms with Gasteiger partial charge in [0.15, 0.2) is 0 Å². The number of carbonyl (C=O) groups is 3. The molecule has 0 radical (unpaired) electrons. The summed E-state index contributed by atoms with van der Waals surface area (Å²) in [5.41, 5.74) is 1.04. The van der Waals surface area contributed by atoms with Crippen LogP contribution in [-0.2, 0) is 14.3 Å². The summed E-state index contributed by atoms with van der Waals surface area (Å²) in [6.45, 7) is 2.04. The standard InChI is InChI=1S/C21H20O7/c1-15(22)26-13-2-14-27-18-10-6-17(7-11-18)21(25)28-19-8-3-16(4-9-19)5-12-20(23)24/h3-12H,2,13-14H2,1H3,(H,23,24)/b12-5+. The first-order valence-corrected chi connectivity index (χ1v) is 8.53. The van der Waals surface area contributed by atoms with Crippen molar-refractivity contribution >= 4 is 24.0 Å². The lowest BCUT2D eigenvalue weighted by atomic mass is 10.2. The minimum absolute atomic E-state index is 0.296. The molecule has 0 spiro atoms. The molecule has 0 aliphatic heterocycles. The van der Waals surface area contributed by atoms with Gasteiger partial charge in [0.25, 0.3) is 0 Å². The molecular formula is C21H20O7. The third-order valence-electron chi connectivity index (χ3n) is 3.46. The summed E-state index contributed by atoms with van der Waals surface area (Å²) in [6.07, 6.45) is 3.04. The third-order valence-corrected chi connectivity index (χ3v) is 3.46. The van der Waals surface area contributed by atoms with Gasteiger partial charge in [-0.3, -0.25) is 4.79 Å². The minimum Gasteiger partial charge on any atom is -0.493 e. The number of carbonyl (C=O) groups excluding carboxylic acids is 2. The molecule has 146 valence electrons. The molecule has 0 aliphatic carbocycles. The molecule has 0 heterocycles. The number of hydrogen-bond acceptors (Lipinski definition) is 6. The van der Waals surface area contributed by atoms with Gasteiger partial charge < -0.3 is 19.3 Å². The number of carboxylic acids is 1. The van der Waals surface area contributed by atoms with Crippen LogP contribution in [0.15, 0.2) is 54.6 Å². The van der Waals surface area contributed by atoms with E-state index in [2.05, 4.69) is 0 Å². The van der Waals surface area contributed by atoms with Crippen LogP contribution in [0.3, 0.4) is 0 Å². The second kappa shape index (κ2) is 10.5. The number of hydrogen-bond donors (Lipinski definition) is 1. The zero-order valence-electron chi connectivity index (χ0n) is 15.3. The van der Waals surface area contributed by atoms with Crippen LogP contribution in [0.25, 0.3) is 6.08 Å². The van der Waals surface area contributed by atoms with E-state index in [-0.39, 0.29) is 5.97 Å². The molecule has 0 bridgehead atoms. The van der Waals surface area contributed by atoms with E-state index in [1.807, 2.05) is 0 Å². The van der Waals surface area contributed by atoms with Crippen LogP contribution in [0.1, 0.15) is 29.3 Å². The molecule has 0 atom stereocenters. The van der Waals surface area contributed by atoms with Crippen molar-refractivity contribution in [2.24, 2.45) is 0 Å². The number of carboxylic acid groups (broad SMARTS) is 1. The average Bonchev–Trinajstić information content (AvgIpc) is 2.67. The van der Waals surface area contributed by atoms with E-state index in [0.717, 1.165) is 6.08 Å². The van der Waals surface area contributed by atoms with Crippen LogP contribution in [-0.4, -0.2) is 36.2 Å². The molecule has 28 heavy (non-hydrogen) atoms. The van der Waals surface area contributed by atoms with Gasteiger partial charge in [0.2, 0.25) is 0 Å². The smallest absolute Gasteiger partial charge is 0.343 e. The Bertz CT molecular complexity index is 836. The maximum Gasteiger partial charge on any atom is 0.343 e. The zero-order valence-corrected chi connectivity index (χ0v) is 15.3. The monoisotopic (exact) mass is 384 g/mol. The van der Waals surface area contributed by atoms with Crippen LogP contribution >= 0.6 is 0 Å². The highest BCUT2D eigenvalue weighted by Crippen LogP contribution is 2.17. The average molecular weight is 384 g/mol. The van der Waals surface area contributed by atoms with E-state index in [4.69, 9.17) is 19.3 Å². The second-order valence-corrected chi connectivity index (χ2v) is 5.70. The fraction of sp³-hybridized carbons (Fsp3) is 0.190. The predicted octanol–water partition coefficient (Wildman–Crippen LogP) is 3.34. The van der Waals surface area contributed by atoms with Gasteiger partial charge in [-0.25, -0.2) is 9.59 Å². The van der Waals surface area contributed by atoms with Crippen LogP contribution in [0.4, 0.5) is 0 Å². The number of ether oxygens (including phenoxy) is 3. The lowest BCUT2D eigenvalue weighted by Crippen LogP contribution is -2.09. The SMILES string of the molecule is CC(=O)OCCCOc1ccc(C(=O)Oc2ccc(/C=C/C(=O)O)cc2)cc1. The van der Waals surface area contributed by atoms with Gasteiger partial charge >= 0.3 is 17.9 Å². The summed E-state index contributed by atoms with van der Waals surface area (Å²) < 4.78 is 15.6. The van der Waals surface area contributed by atoms with E-state index < -0.39 is 11.9 Å². The van der Waals surface area contributed by atoms with E-state index >= 15 is 0 Å². The third kappa shape index (κ3) is 7.33. The summed E-state index contributed by atoms with van der Waals surface area (Å²) in [5, 5.41) is 8.60. The van der Waals surface area contributed by atoms with Gasteiger partial charge in [0, 0.05) is 19.4 Å². The quantitative estimate of drug-likeness (QED) is 0.306. The van der Waals surface area contributed by atoms with Gasteiger partial charge in [-0.2, -0.15) is 0 Å². The van der Waals surface area contributed by atoms with Gasteiger partial charge in [-0.05, 0) is 48.0 Å². The van der Waals surface area contributed by atoms with Crippen LogP contribution in [0.5, 0.6) is 11.5 Å². The molecule has 0 saturated heterocycles. The summed E-state index contributed by atoms with van der Waals surface area (Å²) in [6, 6.07) is 13.0. The van der Waals surface area contributed by atoms with Crippen LogP contribution < -0.4 is 9.47 Å². The Balaban J connectivity index is 1.83. The van der Waals surface area contributed by atoms with Crippen LogP contribution in [0, 0.1) is 0 Å². The maximum absolute atomic E-state index is 12.2. The number of benzene rings is 2. The second-order valence-electron chi connectivity index (χ2n) is 5.70. The van der Waals surface area contributed by atoms with Gasteiger partial charge in [0.05, 0.1) is 18.8 Å². The minimum atomic E-state index is -1.03. The van der Waals surface area contributed by atoms with Gasteiger partial charge in [0.1, 0.15) is 11.5 Å². The first-order valence-electron chi connectivity index (χ1n) is 8.53.